The maximum absolute atomic E-state index is 13.5. The molecule has 9 heteroatoms. The zero-order valence-corrected chi connectivity index (χ0v) is 21.5. The van der Waals surface area contributed by atoms with Crippen LogP contribution in [0, 0.1) is 0 Å². The first-order chi connectivity index (χ1) is 18.0. The van der Waals surface area contributed by atoms with E-state index in [1.807, 2.05) is 60.7 Å². The summed E-state index contributed by atoms with van der Waals surface area (Å²) in [6.45, 7) is 1.29. The molecule has 2 bridgehead atoms. The number of methoxy groups -OCH3 is 2. The third kappa shape index (κ3) is 3.72. The molecule has 37 heavy (non-hydrogen) atoms. The average molecular weight is 517 g/mol. The number of rotatable bonds is 6. The van der Waals surface area contributed by atoms with Gasteiger partial charge in [0.25, 0.3) is 0 Å². The highest BCUT2D eigenvalue weighted by Gasteiger charge is 2.48. The van der Waals surface area contributed by atoms with Crippen LogP contribution in [0.5, 0.6) is 17.4 Å². The molecule has 4 aromatic rings. The summed E-state index contributed by atoms with van der Waals surface area (Å²) in [7, 11) is 3.24. The summed E-state index contributed by atoms with van der Waals surface area (Å²) < 4.78 is 13.9. The Morgan fingerprint density at radius 1 is 1.08 bits per heavy atom. The molecule has 2 N–H and O–H groups in total. The number of imidazole rings is 1. The van der Waals surface area contributed by atoms with Gasteiger partial charge in [-0.25, -0.2) is 9.36 Å². The molecular weight excluding hydrogens is 488 g/mol. The van der Waals surface area contributed by atoms with Crippen LogP contribution in [0.3, 0.4) is 0 Å². The number of aromatic nitrogens is 2. The van der Waals surface area contributed by atoms with Crippen molar-refractivity contribution >= 4 is 28.1 Å². The topological polar surface area (TPSA) is 80.9 Å². The van der Waals surface area contributed by atoms with Crippen molar-refractivity contribution in [2.75, 3.05) is 27.3 Å². The van der Waals surface area contributed by atoms with Gasteiger partial charge >= 0.3 is 5.69 Å². The SMILES string of the molecule is COc1ccc(CCNC(=S)N2C[C@H]3CC2c2c(O)n(-c4cccc5ccccc45)c(=O)n23)cc1OC. The van der Waals surface area contributed by atoms with E-state index in [-0.39, 0.29) is 23.7 Å². The number of thiocarbonyl (C=S) groups is 1. The summed E-state index contributed by atoms with van der Waals surface area (Å²) in [6.07, 6.45) is 1.52. The number of nitrogens with zero attached hydrogens (tertiary/aromatic N) is 3. The second kappa shape index (κ2) is 9.15. The van der Waals surface area contributed by atoms with Gasteiger partial charge in [0, 0.05) is 18.5 Å². The van der Waals surface area contributed by atoms with Crippen LogP contribution in [-0.4, -0.2) is 51.6 Å². The maximum Gasteiger partial charge on any atom is 0.336 e. The molecule has 1 aromatic heterocycles. The normalized spacial score (nSPS) is 17.7. The van der Waals surface area contributed by atoms with Crippen molar-refractivity contribution in [3.63, 3.8) is 0 Å². The molecule has 1 fully saturated rings. The highest BCUT2D eigenvalue weighted by Crippen LogP contribution is 2.48. The molecule has 1 saturated heterocycles. The fraction of sp³-hybridized carbons (Fsp3) is 0.286. The van der Waals surface area contributed by atoms with Gasteiger partial charge in [0.05, 0.1) is 32.0 Å². The van der Waals surface area contributed by atoms with Crippen LogP contribution >= 0.6 is 12.2 Å². The number of hydrogen-bond donors (Lipinski definition) is 2. The van der Waals surface area contributed by atoms with Crippen molar-refractivity contribution in [2.45, 2.75) is 24.9 Å². The Hall–Kier alpha value is -3.98. The largest absolute Gasteiger partial charge is 0.493 e. The lowest BCUT2D eigenvalue weighted by molar-refractivity contribution is 0.334. The summed E-state index contributed by atoms with van der Waals surface area (Å²) in [5, 5.41) is 17.2. The van der Waals surface area contributed by atoms with E-state index in [4.69, 9.17) is 21.7 Å². The number of hydrogen-bond acceptors (Lipinski definition) is 5. The van der Waals surface area contributed by atoms with Crippen molar-refractivity contribution in [3.05, 3.63) is 82.4 Å². The number of benzene rings is 3. The van der Waals surface area contributed by atoms with Gasteiger partial charge in [-0.15, -0.1) is 0 Å². The van der Waals surface area contributed by atoms with Crippen LogP contribution in [0.15, 0.2) is 65.5 Å². The van der Waals surface area contributed by atoms with Crippen LogP contribution in [0.2, 0.25) is 0 Å². The van der Waals surface area contributed by atoms with E-state index in [1.54, 1.807) is 18.8 Å². The lowest BCUT2D eigenvalue weighted by Crippen LogP contribution is -2.43. The summed E-state index contributed by atoms with van der Waals surface area (Å²) in [5.74, 6) is 1.39. The molecule has 0 saturated carbocycles. The van der Waals surface area contributed by atoms with Crippen LogP contribution in [0.4, 0.5) is 0 Å². The van der Waals surface area contributed by atoms with Crippen molar-refractivity contribution in [1.29, 1.82) is 0 Å². The van der Waals surface area contributed by atoms with Crippen molar-refractivity contribution < 1.29 is 14.6 Å². The Bertz CT molecular complexity index is 1570. The molecule has 3 heterocycles. The van der Waals surface area contributed by atoms with Crippen LogP contribution in [-0.2, 0) is 6.42 Å². The number of fused-ring (bicyclic) bond motifs is 6. The van der Waals surface area contributed by atoms with E-state index >= 15 is 0 Å². The first-order valence-electron chi connectivity index (χ1n) is 12.3. The first-order valence-corrected chi connectivity index (χ1v) is 12.7. The molecule has 0 aliphatic carbocycles. The Morgan fingerprint density at radius 3 is 2.68 bits per heavy atom. The fourth-order valence-electron chi connectivity index (χ4n) is 5.74. The zero-order chi connectivity index (χ0) is 25.7. The molecule has 2 atom stereocenters. The quantitative estimate of drug-likeness (QED) is 0.376. The molecule has 3 aromatic carbocycles. The smallest absolute Gasteiger partial charge is 0.336 e. The summed E-state index contributed by atoms with van der Waals surface area (Å²) in [4.78, 5) is 15.6. The van der Waals surface area contributed by atoms with Crippen LogP contribution in [0.1, 0.15) is 29.8 Å². The van der Waals surface area contributed by atoms with Gasteiger partial charge in [0.1, 0.15) is 5.69 Å². The predicted octanol–water partition coefficient (Wildman–Crippen LogP) is 3.93. The summed E-state index contributed by atoms with van der Waals surface area (Å²) in [6, 6.07) is 19.4. The van der Waals surface area contributed by atoms with Gasteiger partial charge in [0.15, 0.2) is 16.6 Å². The lowest BCUT2D eigenvalue weighted by atomic mass is 10.1. The number of likely N-dealkylation sites (tertiary alicyclic amines) is 1. The Labute approximate surface area is 219 Å². The molecule has 2 aliphatic rings. The Balaban J connectivity index is 1.22. The molecule has 6 rings (SSSR count). The Kier molecular flexibility index (Phi) is 5.79. The van der Waals surface area contributed by atoms with Crippen molar-refractivity contribution in [3.8, 4) is 23.1 Å². The van der Waals surface area contributed by atoms with E-state index in [0.29, 0.717) is 41.1 Å². The van der Waals surface area contributed by atoms with Crippen LogP contribution in [0.25, 0.3) is 16.5 Å². The van der Waals surface area contributed by atoms with Crippen LogP contribution < -0.4 is 20.5 Å². The van der Waals surface area contributed by atoms with Crippen molar-refractivity contribution in [2.24, 2.45) is 0 Å². The highest BCUT2D eigenvalue weighted by atomic mass is 32.1. The molecule has 1 unspecified atom stereocenters. The van der Waals surface area contributed by atoms with E-state index in [9.17, 15) is 9.90 Å². The molecule has 8 nitrogen and oxygen atoms in total. The third-order valence-corrected chi connectivity index (χ3v) is 7.84. The average Bonchev–Trinajstić information content (AvgIpc) is 3.59. The minimum absolute atomic E-state index is 0.00770. The number of ether oxygens (including phenoxy) is 2. The lowest BCUT2D eigenvalue weighted by Gasteiger charge is -2.30. The van der Waals surface area contributed by atoms with E-state index in [0.717, 1.165) is 29.2 Å². The maximum atomic E-state index is 13.5. The first kappa shape index (κ1) is 23.4. The minimum atomic E-state index is -0.205. The summed E-state index contributed by atoms with van der Waals surface area (Å²) in [5.41, 5.74) is 2.22. The van der Waals surface area contributed by atoms with Gasteiger partial charge in [-0.05, 0) is 54.2 Å². The molecular formula is C28H28N4O4S. The monoisotopic (exact) mass is 516 g/mol. The highest BCUT2D eigenvalue weighted by molar-refractivity contribution is 7.80. The predicted molar refractivity (Wildman–Crippen MR) is 146 cm³/mol. The molecule has 2 aliphatic heterocycles. The minimum Gasteiger partial charge on any atom is -0.493 e. The second-order valence-corrected chi connectivity index (χ2v) is 9.81. The molecule has 0 spiro atoms. The standard InChI is InChI=1S/C28H28N4O4S/c1-35-23-11-10-17(14-24(23)36-2)12-13-29-27(37)30-16-19-15-22(30)25-26(33)32(28(34)31(19)25)21-9-5-7-18-6-3-4-8-20(18)21/h3-11,14,19,22,33H,12-13,15-16H2,1-2H3,(H,29,37)/t19-,22?/m1/s1. The second-order valence-electron chi connectivity index (χ2n) is 9.42. The third-order valence-electron chi connectivity index (χ3n) is 7.46. The van der Waals surface area contributed by atoms with E-state index in [1.165, 1.54) is 4.57 Å². The molecule has 0 amide bonds. The zero-order valence-electron chi connectivity index (χ0n) is 20.7. The molecule has 190 valence electrons. The Morgan fingerprint density at radius 2 is 1.86 bits per heavy atom. The van der Waals surface area contributed by atoms with Gasteiger partial charge in [-0.2, -0.15) is 0 Å². The van der Waals surface area contributed by atoms with Gasteiger partial charge in [-0.3, -0.25) is 4.57 Å². The van der Waals surface area contributed by atoms with E-state index in [2.05, 4.69) is 10.2 Å². The van der Waals surface area contributed by atoms with Gasteiger partial charge in [-0.1, -0.05) is 42.5 Å². The fourth-order valence-corrected chi connectivity index (χ4v) is 6.05. The van der Waals surface area contributed by atoms with Crippen molar-refractivity contribution in [1.82, 2.24) is 19.4 Å². The number of aromatic hydroxyl groups is 1. The summed E-state index contributed by atoms with van der Waals surface area (Å²) >= 11 is 5.74. The molecule has 0 radical (unpaired) electrons. The van der Waals surface area contributed by atoms with Gasteiger partial charge < -0.3 is 24.8 Å². The van der Waals surface area contributed by atoms with E-state index < -0.39 is 0 Å². The van der Waals surface area contributed by atoms with Gasteiger partial charge in [0.2, 0.25) is 5.88 Å². The number of nitrogens with one attached hydrogen (secondary N) is 1.